The molecule has 0 aliphatic carbocycles. The van der Waals surface area contributed by atoms with Gasteiger partial charge in [0.05, 0.1) is 12.6 Å². The summed E-state index contributed by atoms with van der Waals surface area (Å²) in [4.78, 5) is 0. The monoisotopic (exact) mass is 199 g/mol. The van der Waals surface area contributed by atoms with Crippen LogP contribution in [-0.2, 0) is 0 Å². The van der Waals surface area contributed by atoms with Crippen LogP contribution in [-0.4, -0.2) is 11.7 Å². The SMILES string of the molecule is Cc1ccc(Cl)c(C)c1C(N)CO. The first kappa shape index (κ1) is 10.5. The highest BCUT2D eigenvalue weighted by Crippen LogP contribution is 2.26. The average molecular weight is 200 g/mol. The molecule has 1 rings (SSSR count). The summed E-state index contributed by atoms with van der Waals surface area (Å²) in [6.45, 7) is 3.83. The highest BCUT2D eigenvalue weighted by atomic mass is 35.5. The quantitative estimate of drug-likeness (QED) is 0.765. The van der Waals surface area contributed by atoms with Gasteiger partial charge in [-0.3, -0.25) is 0 Å². The molecule has 0 spiro atoms. The van der Waals surface area contributed by atoms with Crippen molar-refractivity contribution in [1.29, 1.82) is 0 Å². The molecule has 1 unspecified atom stereocenters. The molecule has 0 bridgehead atoms. The second-order valence-electron chi connectivity index (χ2n) is 3.19. The van der Waals surface area contributed by atoms with Crippen LogP contribution in [0.3, 0.4) is 0 Å². The van der Waals surface area contributed by atoms with Crippen molar-refractivity contribution in [3.63, 3.8) is 0 Å². The van der Waals surface area contributed by atoms with E-state index in [9.17, 15) is 0 Å². The molecule has 0 radical (unpaired) electrons. The largest absolute Gasteiger partial charge is 0.394 e. The summed E-state index contributed by atoms with van der Waals surface area (Å²) in [7, 11) is 0. The van der Waals surface area contributed by atoms with Gasteiger partial charge in [0.15, 0.2) is 0 Å². The second kappa shape index (κ2) is 4.09. The first-order chi connectivity index (χ1) is 6.07. The summed E-state index contributed by atoms with van der Waals surface area (Å²) in [5.41, 5.74) is 8.74. The van der Waals surface area contributed by atoms with E-state index in [2.05, 4.69) is 0 Å². The molecule has 0 heterocycles. The summed E-state index contributed by atoms with van der Waals surface area (Å²) < 4.78 is 0. The summed E-state index contributed by atoms with van der Waals surface area (Å²) in [5.74, 6) is 0. The van der Waals surface area contributed by atoms with Gasteiger partial charge in [-0.05, 0) is 36.6 Å². The van der Waals surface area contributed by atoms with Crippen LogP contribution < -0.4 is 5.73 Å². The summed E-state index contributed by atoms with van der Waals surface area (Å²) in [5, 5.41) is 9.66. The number of hydrogen-bond acceptors (Lipinski definition) is 2. The molecule has 2 nitrogen and oxygen atoms in total. The Kier molecular flexibility index (Phi) is 3.31. The predicted molar refractivity (Wildman–Crippen MR) is 54.9 cm³/mol. The lowest BCUT2D eigenvalue weighted by Gasteiger charge is -2.16. The van der Waals surface area contributed by atoms with Crippen LogP contribution in [0.5, 0.6) is 0 Å². The van der Waals surface area contributed by atoms with E-state index in [0.717, 1.165) is 16.7 Å². The van der Waals surface area contributed by atoms with Crippen LogP contribution in [0.1, 0.15) is 22.7 Å². The molecule has 3 heteroatoms. The molecule has 3 N–H and O–H groups in total. The van der Waals surface area contributed by atoms with Gasteiger partial charge in [0.25, 0.3) is 0 Å². The number of aryl methyl sites for hydroxylation is 1. The van der Waals surface area contributed by atoms with Crippen molar-refractivity contribution in [2.75, 3.05) is 6.61 Å². The van der Waals surface area contributed by atoms with Crippen LogP contribution in [0.25, 0.3) is 0 Å². The topological polar surface area (TPSA) is 46.2 Å². The summed E-state index contributed by atoms with van der Waals surface area (Å²) in [6.07, 6.45) is 0. The lowest BCUT2D eigenvalue weighted by atomic mass is 9.97. The van der Waals surface area contributed by atoms with E-state index in [1.54, 1.807) is 0 Å². The predicted octanol–water partition coefficient (Wildman–Crippen LogP) is 1.95. The molecule has 0 aliphatic heterocycles. The fourth-order valence-corrected chi connectivity index (χ4v) is 1.66. The van der Waals surface area contributed by atoms with Gasteiger partial charge in [-0.25, -0.2) is 0 Å². The number of benzene rings is 1. The Labute approximate surface area is 83.3 Å². The molecule has 72 valence electrons. The van der Waals surface area contributed by atoms with Crippen molar-refractivity contribution >= 4 is 11.6 Å². The van der Waals surface area contributed by atoms with E-state index in [0.29, 0.717) is 5.02 Å². The lowest BCUT2D eigenvalue weighted by molar-refractivity contribution is 0.267. The van der Waals surface area contributed by atoms with Gasteiger partial charge >= 0.3 is 0 Å². The van der Waals surface area contributed by atoms with Gasteiger partial charge in [-0.15, -0.1) is 0 Å². The minimum atomic E-state index is -0.335. The number of hydrogen-bond donors (Lipinski definition) is 2. The zero-order valence-electron chi connectivity index (χ0n) is 7.84. The van der Waals surface area contributed by atoms with Gasteiger partial charge in [0, 0.05) is 5.02 Å². The maximum Gasteiger partial charge on any atom is 0.0624 e. The molecule has 1 aromatic rings. The van der Waals surface area contributed by atoms with Crippen molar-refractivity contribution in [1.82, 2.24) is 0 Å². The first-order valence-electron chi connectivity index (χ1n) is 4.20. The van der Waals surface area contributed by atoms with E-state index in [1.165, 1.54) is 0 Å². The molecular formula is C10H14ClNO. The van der Waals surface area contributed by atoms with Crippen LogP contribution in [0.4, 0.5) is 0 Å². The van der Waals surface area contributed by atoms with E-state index in [4.69, 9.17) is 22.4 Å². The third-order valence-corrected chi connectivity index (χ3v) is 2.64. The van der Waals surface area contributed by atoms with E-state index in [-0.39, 0.29) is 12.6 Å². The molecule has 0 amide bonds. The lowest BCUT2D eigenvalue weighted by Crippen LogP contribution is -2.17. The maximum absolute atomic E-state index is 8.96. The van der Waals surface area contributed by atoms with Gasteiger partial charge in [0.2, 0.25) is 0 Å². The minimum absolute atomic E-state index is 0.0535. The van der Waals surface area contributed by atoms with Crippen LogP contribution in [0.15, 0.2) is 12.1 Å². The Morgan fingerprint density at radius 2 is 2.08 bits per heavy atom. The van der Waals surface area contributed by atoms with Gasteiger partial charge in [-0.2, -0.15) is 0 Å². The first-order valence-corrected chi connectivity index (χ1v) is 4.57. The van der Waals surface area contributed by atoms with Crippen LogP contribution >= 0.6 is 11.6 Å². The third-order valence-electron chi connectivity index (χ3n) is 2.23. The number of aliphatic hydroxyl groups is 1. The molecule has 0 aliphatic rings. The van der Waals surface area contributed by atoms with E-state index >= 15 is 0 Å². The highest BCUT2D eigenvalue weighted by Gasteiger charge is 2.12. The van der Waals surface area contributed by atoms with Crippen LogP contribution in [0, 0.1) is 13.8 Å². The number of rotatable bonds is 2. The number of nitrogens with two attached hydrogens (primary N) is 1. The van der Waals surface area contributed by atoms with Crippen molar-refractivity contribution in [3.05, 3.63) is 33.8 Å². The van der Waals surface area contributed by atoms with Crippen molar-refractivity contribution in [3.8, 4) is 0 Å². The zero-order chi connectivity index (χ0) is 10.0. The fourth-order valence-electron chi connectivity index (χ4n) is 1.50. The normalized spacial score (nSPS) is 13.0. The van der Waals surface area contributed by atoms with Gasteiger partial charge < -0.3 is 10.8 Å². The molecule has 13 heavy (non-hydrogen) atoms. The Morgan fingerprint density at radius 1 is 1.46 bits per heavy atom. The Hall–Kier alpha value is -0.570. The fraction of sp³-hybridized carbons (Fsp3) is 0.400. The smallest absolute Gasteiger partial charge is 0.0624 e. The summed E-state index contributed by atoms with van der Waals surface area (Å²) in [6, 6.07) is 3.43. The average Bonchev–Trinajstić information content (AvgIpc) is 2.12. The Bertz CT molecular complexity index is 312. The minimum Gasteiger partial charge on any atom is -0.394 e. The molecule has 0 saturated heterocycles. The molecule has 1 atom stereocenters. The van der Waals surface area contributed by atoms with E-state index < -0.39 is 0 Å². The highest BCUT2D eigenvalue weighted by molar-refractivity contribution is 6.31. The third kappa shape index (κ3) is 2.02. The maximum atomic E-state index is 8.96. The van der Waals surface area contributed by atoms with Gasteiger partial charge in [-0.1, -0.05) is 17.7 Å². The molecule has 0 aromatic heterocycles. The Morgan fingerprint density at radius 3 is 2.62 bits per heavy atom. The number of halogens is 1. The molecule has 0 saturated carbocycles. The Balaban J connectivity index is 3.25. The molecule has 0 fully saturated rings. The van der Waals surface area contributed by atoms with Gasteiger partial charge in [0.1, 0.15) is 0 Å². The standard InChI is InChI=1S/C10H14ClNO/c1-6-3-4-8(11)7(2)10(6)9(12)5-13/h3-4,9,13H,5,12H2,1-2H3. The van der Waals surface area contributed by atoms with Crippen LogP contribution in [0.2, 0.25) is 5.02 Å². The van der Waals surface area contributed by atoms with Crippen molar-refractivity contribution in [2.45, 2.75) is 19.9 Å². The van der Waals surface area contributed by atoms with Crippen molar-refractivity contribution < 1.29 is 5.11 Å². The molecular weight excluding hydrogens is 186 g/mol. The molecule has 1 aromatic carbocycles. The van der Waals surface area contributed by atoms with E-state index in [1.807, 2.05) is 26.0 Å². The second-order valence-corrected chi connectivity index (χ2v) is 3.60. The summed E-state index contributed by atoms with van der Waals surface area (Å²) >= 11 is 5.95. The van der Waals surface area contributed by atoms with Crippen molar-refractivity contribution in [2.24, 2.45) is 5.73 Å². The number of aliphatic hydroxyl groups excluding tert-OH is 1. The zero-order valence-corrected chi connectivity index (χ0v) is 8.60.